The molecule has 2 heterocycles. The number of esters is 1. The number of ether oxygens (including phenoxy) is 2. The standard InChI is InChI=1S/C24H33N3O6S/c1-5-26(6-2)12-13-32-23(31)20-24(3,4)34-22-19(21(30)27(20)22)25-18(29)14-16(28)15-33-17-10-8-7-9-11-17/h7-11,19-20,22H,5-6,12-15H2,1-4H3,(H,25,29)/t19?,20-,22+/m0/s1. The molecule has 0 radical (unpaired) electrons. The summed E-state index contributed by atoms with van der Waals surface area (Å²) in [6.45, 7) is 10.3. The van der Waals surface area contributed by atoms with Crippen LogP contribution in [-0.2, 0) is 23.9 Å². The zero-order chi connectivity index (χ0) is 24.9. The third-order valence-corrected chi connectivity index (χ3v) is 7.60. The van der Waals surface area contributed by atoms with Gasteiger partial charge in [0.05, 0.1) is 6.42 Å². The fourth-order valence-corrected chi connectivity index (χ4v) is 5.78. The van der Waals surface area contributed by atoms with Crippen molar-refractivity contribution < 1.29 is 28.7 Å². The molecule has 2 aliphatic heterocycles. The molecule has 2 fully saturated rings. The molecule has 186 valence electrons. The Morgan fingerprint density at radius 3 is 2.47 bits per heavy atom. The van der Waals surface area contributed by atoms with Crippen LogP contribution in [0.3, 0.4) is 0 Å². The molecule has 0 saturated carbocycles. The number of likely N-dealkylation sites (N-methyl/N-ethyl adjacent to an activating group) is 1. The summed E-state index contributed by atoms with van der Waals surface area (Å²) in [4.78, 5) is 53.8. The van der Waals surface area contributed by atoms with Crippen LogP contribution >= 0.6 is 11.8 Å². The number of thioether (sulfide) groups is 1. The van der Waals surface area contributed by atoms with Crippen LogP contribution in [-0.4, -0.2) is 88.4 Å². The fourth-order valence-electron chi connectivity index (χ4n) is 4.16. The van der Waals surface area contributed by atoms with Crippen molar-refractivity contribution in [1.29, 1.82) is 0 Å². The molecule has 3 rings (SSSR count). The molecular formula is C24H33N3O6S. The van der Waals surface area contributed by atoms with E-state index in [9.17, 15) is 19.2 Å². The van der Waals surface area contributed by atoms with Crippen molar-refractivity contribution in [3.8, 4) is 5.75 Å². The van der Waals surface area contributed by atoms with E-state index in [4.69, 9.17) is 9.47 Å². The Hall–Kier alpha value is -2.59. The average molecular weight is 492 g/mol. The lowest BCUT2D eigenvalue weighted by Crippen LogP contribution is -2.70. The summed E-state index contributed by atoms with van der Waals surface area (Å²) in [6, 6.07) is 7.36. The number of fused-ring (bicyclic) bond motifs is 1. The van der Waals surface area contributed by atoms with Crippen LogP contribution in [0, 0.1) is 0 Å². The van der Waals surface area contributed by atoms with Gasteiger partial charge in [-0.05, 0) is 39.1 Å². The van der Waals surface area contributed by atoms with E-state index >= 15 is 0 Å². The molecule has 1 N–H and O–H groups in total. The van der Waals surface area contributed by atoms with E-state index in [1.165, 1.54) is 16.7 Å². The summed E-state index contributed by atoms with van der Waals surface area (Å²) in [5.74, 6) is -1.16. The van der Waals surface area contributed by atoms with E-state index in [1.54, 1.807) is 24.3 Å². The number of hydrogen-bond acceptors (Lipinski definition) is 8. The molecule has 1 aromatic carbocycles. The van der Waals surface area contributed by atoms with E-state index in [-0.39, 0.29) is 36.7 Å². The highest BCUT2D eigenvalue weighted by atomic mass is 32.2. The predicted molar refractivity (Wildman–Crippen MR) is 128 cm³/mol. The van der Waals surface area contributed by atoms with Crippen LogP contribution in [0.25, 0.3) is 0 Å². The number of carbonyl (C=O) groups excluding carboxylic acids is 4. The van der Waals surface area contributed by atoms with E-state index < -0.39 is 28.7 Å². The first-order valence-corrected chi connectivity index (χ1v) is 12.4. The minimum Gasteiger partial charge on any atom is -0.486 e. The Bertz CT molecular complexity index is 905. The Morgan fingerprint density at radius 2 is 1.82 bits per heavy atom. The van der Waals surface area contributed by atoms with Gasteiger partial charge in [-0.3, -0.25) is 14.4 Å². The summed E-state index contributed by atoms with van der Waals surface area (Å²) in [5.41, 5.74) is 0. The fraction of sp³-hybridized carbons (Fsp3) is 0.583. The first-order valence-electron chi connectivity index (χ1n) is 11.6. The molecule has 0 aliphatic carbocycles. The minimum absolute atomic E-state index is 0.227. The SMILES string of the molecule is CCN(CC)CCOC(=O)[C@@H]1N2C(=O)C(NC(=O)CC(=O)COc3ccccc3)[C@H]2SC1(C)C. The maximum Gasteiger partial charge on any atom is 0.330 e. The van der Waals surface area contributed by atoms with Gasteiger partial charge in [-0.2, -0.15) is 0 Å². The number of hydrogen-bond donors (Lipinski definition) is 1. The highest BCUT2D eigenvalue weighted by molar-refractivity contribution is 8.01. The zero-order valence-electron chi connectivity index (χ0n) is 20.1. The van der Waals surface area contributed by atoms with Crippen molar-refractivity contribution in [2.24, 2.45) is 0 Å². The number of carbonyl (C=O) groups is 4. The second kappa shape index (κ2) is 11.2. The van der Waals surface area contributed by atoms with Crippen LogP contribution in [0.1, 0.15) is 34.1 Å². The van der Waals surface area contributed by atoms with Crippen molar-refractivity contribution in [2.45, 2.75) is 56.3 Å². The van der Waals surface area contributed by atoms with Crippen LogP contribution in [0.4, 0.5) is 0 Å². The minimum atomic E-state index is -0.770. The molecule has 2 aliphatic rings. The maximum atomic E-state index is 12.8. The monoisotopic (exact) mass is 491 g/mol. The average Bonchev–Trinajstić information content (AvgIpc) is 3.07. The third-order valence-electron chi connectivity index (χ3n) is 6.03. The molecule has 0 spiro atoms. The lowest BCUT2D eigenvalue weighted by atomic mass is 9.96. The van der Waals surface area contributed by atoms with E-state index in [0.717, 1.165) is 13.1 Å². The zero-order valence-corrected chi connectivity index (χ0v) is 20.9. The number of amides is 2. The summed E-state index contributed by atoms with van der Waals surface area (Å²) in [5, 5.41) is 2.28. The van der Waals surface area contributed by atoms with E-state index in [0.29, 0.717) is 12.3 Å². The Kier molecular flexibility index (Phi) is 8.59. The van der Waals surface area contributed by atoms with Crippen LogP contribution in [0.5, 0.6) is 5.75 Å². The first kappa shape index (κ1) is 26.0. The lowest BCUT2D eigenvalue weighted by Gasteiger charge is -2.43. The molecule has 34 heavy (non-hydrogen) atoms. The highest BCUT2D eigenvalue weighted by Gasteiger charge is 2.64. The van der Waals surface area contributed by atoms with Gasteiger partial charge < -0.3 is 24.6 Å². The second-order valence-corrected chi connectivity index (χ2v) is 10.6. The van der Waals surface area contributed by atoms with Crippen molar-refractivity contribution in [2.75, 3.05) is 32.8 Å². The quantitative estimate of drug-likeness (QED) is 0.266. The molecule has 1 unspecified atom stereocenters. The van der Waals surface area contributed by atoms with Gasteiger partial charge in [0.2, 0.25) is 11.8 Å². The van der Waals surface area contributed by atoms with Crippen molar-refractivity contribution in [3.63, 3.8) is 0 Å². The van der Waals surface area contributed by atoms with Gasteiger partial charge in [0.1, 0.15) is 36.4 Å². The Balaban J connectivity index is 1.49. The molecule has 2 saturated heterocycles. The van der Waals surface area contributed by atoms with E-state index in [1.807, 2.05) is 33.8 Å². The molecule has 0 bridgehead atoms. The van der Waals surface area contributed by atoms with Gasteiger partial charge in [-0.15, -0.1) is 11.8 Å². The van der Waals surface area contributed by atoms with E-state index in [2.05, 4.69) is 10.2 Å². The second-order valence-electron chi connectivity index (χ2n) is 8.82. The number of β-lactam (4-membered cyclic amide) rings is 1. The first-order chi connectivity index (χ1) is 16.2. The molecule has 2 amide bonds. The molecular weight excluding hydrogens is 458 g/mol. The molecule has 9 nitrogen and oxygen atoms in total. The van der Waals surface area contributed by atoms with Crippen LogP contribution < -0.4 is 10.1 Å². The number of ketones is 1. The number of para-hydroxylation sites is 1. The Morgan fingerprint density at radius 1 is 1.15 bits per heavy atom. The predicted octanol–water partition coefficient (Wildman–Crippen LogP) is 1.46. The van der Waals surface area contributed by atoms with Gasteiger partial charge >= 0.3 is 5.97 Å². The van der Waals surface area contributed by atoms with Crippen LogP contribution in [0.15, 0.2) is 30.3 Å². The largest absolute Gasteiger partial charge is 0.486 e. The Labute approximate surface area is 204 Å². The van der Waals surface area contributed by atoms with Gasteiger partial charge in [0.15, 0.2) is 5.78 Å². The highest BCUT2D eigenvalue weighted by Crippen LogP contribution is 2.51. The van der Waals surface area contributed by atoms with Gasteiger partial charge in [0, 0.05) is 11.3 Å². The molecule has 0 aromatic heterocycles. The summed E-state index contributed by atoms with van der Waals surface area (Å²) in [7, 11) is 0. The van der Waals surface area contributed by atoms with Crippen molar-refractivity contribution in [1.82, 2.24) is 15.1 Å². The van der Waals surface area contributed by atoms with Crippen LogP contribution in [0.2, 0.25) is 0 Å². The van der Waals surface area contributed by atoms with Crippen molar-refractivity contribution in [3.05, 3.63) is 30.3 Å². The summed E-state index contributed by atoms with van der Waals surface area (Å²) < 4.78 is 10.3. The van der Waals surface area contributed by atoms with Crippen molar-refractivity contribution >= 4 is 35.3 Å². The number of Topliss-reactive ketones (excluding diaryl/α,β-unsaturated/α-hetero) is 1. The topological polar surface area (TPSA) is 105 Å². The summed E-state index contributed by atoms with van der Waals surface area (Å²) in [6.07, 6.45) is -0.381. The maximum absolute atomic E-state index is 12.8. The van der Waals surface area contributed by atoms with Gasteiger partial charge in [0.25, 0.3) is 0 Å². The normalized spacial score (nSPS) is 22.7. The van der Waals surface area contributed by atoms with Gasteiger partial charge in [-0.1, -0.05) is 32.0 Å². The number of rotatable bonds is 12. The lowest BCUT2D eigenvalue weighted by molar-refractivity contribution is -0.164. The molecule has 10 heteroatoms. The molecule has 3 atom stereocenters. The number of nitrogens with one attached hydrogen (secondary N) is 1. The molecule has 1 aromatic rings. The van der Waals surface area contributed by atoms with Gasteiger partial charge in [-0.25, -0.2) is 4.79 Å². The summed E-state index contributed by atoms with van der Waals surface area (Å²) >= 11 is 1.45. The number of benzene rings is 1. The third kappa shape index (κ3) is 5.90. The number of nitrogens with zero attached hydrogens (tertiary/aromatic N) is 2. The smallest absolute Gasteiger partial charge is 0.330 e.